The van der Waals surface area contributed by atoms with Gasteiger partial charge in [0.15, 0.2) is 5.78 Å². The van der Waals surface area contributed by atoms with Gasteiger partial charge < -0.3 is 0 Å². The van der Waals surface area contributed by atoms with Crippen molar-refractivity contribution >= 4 is 5.78 Å². The molecule has 16 heavy (non-hydrogen) atoms. The number of rotatable bonds is 5. The molecule has 1 aliphatic carbocycles. The minimum atomic E-state index is 0.157. The summed E-state index contributed by atoms with van der Waals surface area (Å²) in [5, 5.41) is 0. The molecule has 2 atom stereocenters. The third-order valence-electron chi connectivity index (χ3n) is 3.60. The molecular formula is C15H20O. The Kier molecular flexibility index (Phi) is 3.42. The largest absolute Gasteiger partial charge is 0.295 e. The second-order valence-corrected chi connectivity index (χ2v) is 4.92. The van der Waals surface area contributed by atoms with Gasteiger partial charge in [-0.25, -0.2) is 0 Å². The second-order valence-electron chi connectivity index (χ2n) is 4.92. The van der Waals surface area contributed by atoms with Crippen LogP contribution in [0.15, 0.2) is 24.3 Å². The number of benzene rings is 1. The summed E-state index contributed by atoms with van der Waals surface area (Å²) in [6.45, 7) is 3.87. The van der Waals surface area contributed by atoms with Crippen LogP contribution in [0.3, 0.4) is 0 Å². The number of hydrogen-bond acceptors (Lipinski definition) is 1. The maximum absolute atomic E-state index is 11.1. The van der Waals surface area contributed by atoms with Crippen molar-refractivity contribution in [1.29, 1.82) is 0 Å². The summed E-state index contributed by atoms with van der Waals surface area (Å²) in [4.78, 5) is 11.1. The topological polar surface area (TPSA) is 17.1 Å². The number of ketones is 1. The summed E-state index contributed by atoms with van der Waals surface area (Å²) in [7, 11) is 0. The van der Waals surface area contributed by atoms with E-state index in [1.54, 1.807) is 6.92 Å². The van der Waals surface area contributed by atoms with Crippen molar-refractivity contribution in [3.8, 4) is 0 Å². The average Bonchev–Trinajstić information content (AvgIpc) is 3.06. The third kappa shape index (κ3) is 2.52. The van der Waals surface area contributed by atoms with E-state index in [0.717, 1.165) is 17.4 Å². The third-order valence-corrected chi connectivity index (χ3v) is 3.60. The molecule has 0 aromatic heterocycles. The molecule has 0 heterocycles. The van der Waals surface area contributed by atoms with Gasteiger partial charge >= 0.3 is 0 Å². The summed E-state index contributed by atoms with van der Waals surface area (Å²) >= 11 is 0. The van der Waals surface area contributed by atoms with Crippen LogP contribution >= 0.6 is 0 Å². The van der Waals surface area contributed by atoms with E-state index in [9.17, 15) is 4.79 Å². The molecule has 0 aliphatic heterocycles. The standard InChI is InChI=1S/C15H20O/c1-3-4-5-14-10-15(14)13-8-6-12(7-9-13)11(2)16/h6-9,14-15H,3-5,10H2,1-2H3/t14-,15+/m0/s1. The highest BCUT2D eigenvalue weighted by Gasteiger charge is 2.37. The lowest BCUT2D eigenvalue weighted by Gasteiger charge is -2.01. The first-order valence-corrected chi connectivity index (χ1v) is 6.33. The van der Waals surface area contributed by atoms with Crippen LogP contribution in [-0.4, -0.2) is 5.78 Å². The van der Waals surface area contributed by atoms with Crippen molar-refractivity contribution in [2.45, 2.75) is 45.4 Å². The van der Waals surface area contributed by atoms with Gasteiger partial charge in [0, 0.05) is 5.56 Å². The highest BCUT2D eigenvalue weighted by atomic mass is 16.1. The van der Waals surface area contributed by atoms with Crippen molar-refractivity contribution in [3.63, 3.8) is 0 Å². The first-order valence-electron chi connectivity index (χ1n) is 6.33. The normalized spacial score (nSPS) is 23.1. The molecular weight excluding hydrogens is 196 g/mol. The van der Waals surface area contributed by atoms with E-state index in [0.29, 0.717) is 0 Å². The average molecular weight is 216 g/mol. The van der Waals surface area contributed by atoms with E-state index in [-0.39, 0.29) is 5.78 Å². The predicted molar refractivity (Wildman–Crippen MR) is 66.8 cm³/mol. The highest BCUT2D eigenvalue weighted by molar-refractivity contribution is 5.94. The lowest BCUT2D eigenvalue weighted by Crippen LogP contribution is -1.92. The van der Waals surface area contributed by atoms with E-state index in [1.807, 2.05) is 12.1 Å². The first-order chi connectivity index (χ1) is 7.72. The van der Waals surface area contributed by atoms with E-state index in [4.69, 9.17) is 0 Å². The van der Waals surface area contributed by atoms with Gasteiger partial charge in [0.25, 0.3) is 0 Å². The molecule has 1 aliphatic rings. The van der Waals surface area contributed by atoms with Gasteiger partial charge in [0.05, 0.1) is 0 Å². The molecule has 0 bridgehead atoms. The molecule has 1 heteroatoms. The lowest BCUT2D eigenvalue weighted by atomic mass is 10.0. The minimum absolute atomic E-state index is 0.157. The number of hydrogen-bond donors (Lipinski definition) is 0. The smallest absolute Gasteiger partial charge is 0.159 e. The number of Topliss-reactive ketones (excluding diaryl/α,β-unsaturated/α-hetero) is 1. The van der Waals surface area contributed by atoms with Gasteiger partial charge in [-0.05, 0) is 37.2 Å². The fourth-order valence-corrected chi connectivity index (χ4v) is 2.41. The summed E-state index contributed by atoms with van der Waals surface area (Å²) in [5.74, 6) is 1.83. The molecule has 0 saturated heterocycles. The molecule has 2 rings (SSSR count). The van der Waals surface area contributed by atoms with Gasteiger partial charge in [-0.3, -0.25) is 4.79 Å². The maximum atomic E-state index is 11.1. The molecule has 86 valence electrons. The zero-order valence-electron chi connectivity index (χ0n) is 10.2. The number of unbranched alkanes of at least 4 members (excludes halogenated alkanes) is 1. The van der Waals surface area contributed by atoms with Crippen LogP contribution in [0.25, 0.3) is 0 Å². The molecule has 1 fully saturated rings. The quantitative estimate of drug-likeness (QED) is 0.675. The van der Waals surface area contributed by atoms with Gasteiger partial charge in [0.2, 0.25) is 0 Å². The Labute approximate surface area is 97.9 Å². The Morgan fingerprint density at radius 2 is 2.00 bits per heavy atom. The monoisotopic (exact) mass is 216 g/mol. The molecule has 1 nitrogen and oxygen atoms in total. The van der Waals surface area contributed by atoms with Crippen LogP contribution in [0, 0.1) is 5.92 Å². The van der Waals surface area contributed by atoms with E-state index >= 15 is 0 Å². The van der Waals surface area contributed by atoms with Gasteiger partial charge in [-0.15, -0.1) is 0 Å². The SMILES string of the molecule is CCCC[C@H]1C[C@@H]1c1ccc(C(C)=O)cc1. The zero-order chi connectivity index (χ0) is 11.5. The van der Waals surface area contributed by atoms with Crippen LogP contribution in [0.1, 0.15) is 61.4 Å². The maximum Gasteiger partial charge on any atom is 0.159 e. The summed E-state index contributed by atoms with van der Waals surface area (Å²) in [5.41, 5.74) is 2.25. The molecule has 1 aromatic rings. The minimum Gasteiger partial charge on any atom is -0.295 e. The van der Waals surface area contributed by atoms with Crippen LogP contribution in [0.4, 0.5) is 0 Å². The summed E-state index contributed by atoms with van der Waals surface area (Å²) < 4.78 is 0. The number of carbonyl (C=O) groups is 1. The molecule has 0 spiro atoms. The van der Waals surface area contributed by atoms with Crippen LogP contribution in [0.5, 0.6) is 0 Å². The Balaban J connectivity index is 1.94. The van der Waals surface area contributed by atoms with Crippen molar-refractivity contribution in [2.24, 2.45) is 5.92 Å². The van der Waals surface area contributed by atoms with Crippen LogP contribution < -0.4 is 0 Å². The Morgan fingerprint density at radius 1 is 1.31 bits per heavy atom. The van der Waals surface area contributed by atoms with Gasteiger partial charge in [0.1, 0.15) is 0 Å². The molecule has 0 N–H and O–H groups in total. The fourth-order valence-electron chi connectivity index (χ4n) is 2.41. The van der Waals surface area contributed by atoms with Crippen LogP contribution in [0.2, 0.25) is 0 Å². The predicted octanol–water partition coefficient (Wildman–Crippen LogP) is 4.18. The molecule has 0 unspecified atom stereocenters. The van der Waals surface area contributed by atoms with Crippen LogP contribution in [-0.2, 0) is 0 Å². The highest BCUT2D eigenvalue weighted by Crippen LogP contribution is 2.50. The Bertz CT molecular complexity index is 364. The van der Waals surface area contributed by atoms with Crippen molar-refractivity contribution in [2.75, 3.05) is 0 Å². The fraction of sp³-hybridized carbons (Fsp3) is 0.533. The second kappa shape index (κ2) is 4.82. The summed E-state index contributed by atoms with van der Waals surface area (Å²) in [6.07, 6.45) is 5.37. The lowest BCUT2D eigenvalue weighted by molar-refractivity contribution is 0.101. The molecule has 1 aromatic carbocycles. The van der Waals surface area contributed by atoms with Crippen molar-refractivity contribution in [3.05, 3.63) is 35.4 Å². The molecule has 0 radical (unpaired) electrons. The number of carbonyl (C=O) groups excluding carboxylic acids is 1. The van der Waals surface area contributed by atoms with Gasteiger partial charge in [-0.1, -0.05) is 44.0 Å². The molecule has 1 saturated carbocycles. The van der Waals surface area contributed by atoms with E-state index in [2.05, 4.69) is 19.1 Å². The zero-order valence-corrected chi connectivity index (χ0v) is 10.2. The van der Waals surface area contributed by atoms with Crippen molar-refractivity contribution < 1.29 is 4.79 Å². The Hall–Kier alpha value is -1.11. The summed E-state index contributed by atoms with van der Waals surface area (Å²) in [6, 6.07) is 8.19. The first kappa shape index (κ1) is 11.4. The van der Waals surface area contributed by atoms with Crippen molar-refractivity contribution in [1.82, 2.24) is 0 Å². The molecule has 0 amide bonds. The van der Waals surface area contributed by atoms with Gasteiger partial charge in [-0.2, -0.15) is 0 Å². The Morgan fingerprint density at radius 3 is 2.56 bits per heavy atom. The van der Waals surface area contributed by atoms with E-state index < -0.39 is 0 Å². The van der Waals surface area contributed by atoms with E-state index in [1.165, 1.54) is 31.2 Å².